The van der Waals surface area contributed by atoms with Crippen molar-refractivity contribution in [3.05, 3.63) is 95.1 Å². The second kappa shape index (κ2) is 6.76. The summed E-state index contributed by atoms with van der Waals surface area (Å²) in [6.07, 6.45) is 0. The van der Waals surface area contributed by atoms with Crippen LogP contribution in [0.25, 0.3) is 0 Å². The molecular weight excluding hydrogens is 336 g/mol. The Hall–Kier alpha value is -3.15. The molecule has 0 spiro atoms. The summed E-state index contributed by atoms with van der Waals surface area (Å²) in [5, 5.41) is 0. The summed E-state index contributed by atoms with van der Waals surface area (Å²) >= 11 is 0. The second-order valence-corrected chi connectivity index (χ2v) is 5.07. The number of rotatable bonds is 4. The molecule has 0 aliphatic rings. The van der Waals surface area contributed by atoms with E-state index in [1.54, 1.807) is 12.1 Å². The maximum absolute atomic E-state index is 14.3. The molecule has 3 aromatic carbocycles. The van der Waals surface area contributed by atoms with E-state index in [0.29, 0.717) is 0 Å². The molecular formula is C19H10F4O2. The fraction of sp³-hybridized carbons (Fsp3) is 0. The van der Waals surface area contributed by atoms with Crippen LogP contribution < -0.4 is 4.74 Å². The van der Waals surface area contributed by atoms with Crippen molar-refractivity contribution < 1.29 is 27.1 Å². The van der Waals surface area contributed by atoms with Gasteiger partial charge < -0.3 is 4.74 Å². The van der Waals surface area contributed by atoms with Gasteiger partial charge >= 0.3 is 0 Å². The van der Waals surface area contributed by atoms with Crippen molar-refractivity contribution in [1.82, 2.24) is 0 Å². The van der Waals surface area contributed by atoms with Gasteiger partial charge in [-0.1, -0.05) is 48.5 Å². The van der Waals surface area contributed by atoms with Crippen molar-refractivity contribution in [2.24, 2.45) is 0 Å². The summed E-state index contributed by atoms with van der Waals surface area (Å²) < 4.78 is 61.8. The van der Waals surface area contributed by atoms with Gasteiger partial charge in [-0.05, 0) is 12.1 Å². The molecule has 6 heteroatoms. The molecule has 3 rings (SSSR count). The Morgan fingerprint density at radius 2 is 1.16 bits per heavy atom. The molecule has 126 valence electrons. The number of hydrogen-bond donors (Lipinski definition) is 0. The Kier molecular flexibility index (Phi) is 4.52. The molecule has 0 heterocycles. The second-order valence-electron chi connectivity index (χ2n) is 5.07. The van der Waals surface area contributed by atoms with Crippen LogP contribution in [0.1, 0.15) is 15.9 Å². The van der Waals surface area contributed by atoms with Crippen LogP contribution in [0.2, 0.25) is 0 Å². The van der Waals surface area contributed by atoms with Crippen molar-refractivity contribution >= 4 is 5.78 Å². The average Bonchev–Trinajstić information content (AvgIpc) is 2.65. The molecule has 0 N–H and O–H groups in total. The molecule has 0 radical (unpaired) electrons. The molecule has 0 aromatic heterocycles. The van der Waals surface area contributed by atoms with Gasteiger partial charge in [0.1, 0.15) is 11.3 Å². The van der Waals surface area contributed by atoms with E-state index in [4.69, 9.17) is 4.74 Å². The first-order valence-corrected chi connectivity index (χ1v) is 7.19. The van der Waals surface area contributed by atoms with Crippen LogP contribution in [-0.2, 0) is 0 Å². The number of para-hydroxylation sites is 1. The van der Waals surface area contributed by atoms with Crippen LogP contribution >= 0.6 is 0 Å². The topological polar surface area (TPSA) is 26.3 Å². The number of benzene rings is 3. The number of ether oxygens (including phenoxy) is 1. The average molecular weight is 346 g/mol. The standard InChI is InChI=1S/C19H10F4O2/c20-14-13(18(24)11-7-3-1-4-8-11)15(21)17(23)19(16(14)22)25-12-9-5-2-6-10-12/h1-10H. The van der Waals surface area contributed by atoms with Crippen LogP contribution in [0.4, 0.5) is 17.6 Å². The fourth-order valence-corrected chi connectivity index (χ4v) is 2.24. The Bertz CT molecular complexity index is 896. The predicted octanol–water partition coefficient (Wildman–Crippen LogP) is 5.27. The van der Waals surface area contributed by atoms with E-state index in [-0.39, 0.29) is 11.3 Å². The number of ketones is 1. The van der Waals surface area contributed by atoms with Crippen LogP contribution in [0, 0.1) is 23.3 Å². The fourth-order valence-electron chi connectivity index (χ4n) is 2.24. The number of hydrogen-bond acceptors (Lipinski definition) is 2. The van der Waals surface area contributed by atoms with Crippen molar-refractivity contribution in [3.8, 4) is 11.5 Å². The minimum absolute atomic E-state index is 0.0127. The number of halogens is 4. The minimum Gasteiger partial charge on any atom is -0.451 e. The maximum Gasteiger partial charge on any atom is 0.205 e. The van der Waals surface area contributed by atoms with E-state index in [0.717, 1.165) is 0 Å². The van der Waals surface area contributed by atoms with Gasteiger partial charge in [-0.15, -0.1) is 0 Å². The Labute approximate surface area is 140 Å². The molecule has 2 nitrogen and oxygen atoms in total. The lowest BCUT2D eigenvalue weighted by Crippen LogP contribution is -2.12. The summed E-state index contributed by atoms with van der Waals surface area (Å²) in [5.74, 6) is -9.59. The van der Waals surface area contributed by atoms with Gasteiger partial charge in [0.2, 0.25) is 17.4 Å². The van der Waals surface area contributed by atoms with Crippen molar-refractivity contribution in [3.63, 3.8) is 0 Å². The molecule has 0 aliphatic heterocycles. The molecule has 0 amide bonds. The van der Waals surface area contributed by atoms with Gasteiger partial charge in [-0.3, -0.25) is 4.79 Å². The summed E-state index contributed by atoms with van der Waals surface area (Å²) in [6.45, 7) is 0. The lowest BCUT2D eigenvalue weighted by Gasteiger charge is -2.12. The number of carbonyl (C=O) groups excluding carboxylic acids is 1. The first-order valence-electron chi connectivity index (χ1n) is 7.19. The van der Waals surface area contributed by atoms with Gasteiger partial charge in [0.05, 0.1) is 0 Å². The van der Waals surface area contributed by atoms with Gasteiger partial charge in [0, 0.05) is 5.56 Å². The molecule has 0 fully saturated rings. The molecule has 0 unspecified atom stereocenters. The highest BCUT2D eigenvalue weighted by molar-refractivity contribution is 6.09. The third kappa shape index (κ3) is 3.10. The smallest absolute Gasteiger partial charge is 0.205 e. The molecule has 0 atom stereocenters. The van der Waals surface area contributed by atoms with Gasteiger partial charge in [0.25, 0.3) is 0 Å². The lowest BCUT2D eigenvalue weighted by atomic mass is 10.0. The molecule has 0 aliphatic carbocycles. The highest BCUT2D eigenvalue weighted by atomic mass is 19.2. The van der Waals surface area contributed by atoms with Crippen molar-refractivity contribution in [1.29, 1.82) is 0 Å². The first kappa shape index (κ1) is 16.7. The minimum atomic E-state index is -1.81. The van der Waals surface area contributed by atoms with E-state index < -0.39 is 40.4 Å². The van der Waals surface area contributed by atoms with E-state index in [1.165, 1.54) is 48.5 Å². The van der Waals surface area contributed by atoms with E-state index in [1.807, 2.05) is 0 Å². The van der Waals surface area contributed by atoms with Crippen LogP contribution in [0.3, 0.4) is 0 Å². The largest absolute Gasteiger partial charge is 0.451 e. The van der Waals surface area contributed by atoms with E-state index in [2.05, 4.69) is 0 Å². The highest BCUT2D eigenvalue weighted by Crippen LogP contribution is 2.34. The molecule has 0 saturated carbocycles. The normalized spacial score (nSPS) is 10.6. The van der Waals surface area contributed by atoms with Crippen molar-refractivity contribution in [2.75, 3.05) is 0 Å². The third-order valence-corrected chi connectivity index (χ3v) is 3.45. The summed E-state index contributed by atoms with van der Waals surface area (Å²) in [6, 6.07) is 14.5. The predicted molar refractivity (Wildman–Crippen MR) is 82.7 cm³/mol. The summed E-state index contributed by atoms with van der Waals surface area (Å²) in [4.78, 5) is 12.2. The zero-order valence-corrected chi connectivity index (χ0v) is 12.6. The Balaban J connectivity index is 2.10. The lowest BCUT2D eigenvalue weighted by molar-refractivity contribution is 0.102. The third-order valence-electron chi connectivity index (χ3n) is 3.45. The Morgan fingerprint density at radius 3 is 1.68 bits per heavy atom. The number of carbonyl (C=O) groups is 1. The first-order chi connectivity index (χ1) is 12.0. The van der Waals surface area contributed by atoms with Crippen LogP contribution in [-0.4, -0.2) is 5.78 Å². The van der Waals surface area contributed by atoms with Crippen LogP contribution in [0.15, 0.2) is 60.7 Å². The van der Waals surface area contributed by atoms with Gasteiger partial charge in [-0.25, -0.2) is 8.78 Å². The van der Waals surface area contributed by atoms with Crippen LogP contribution in [0.5, 0.6) is 11.5 Å². The molecule has 25 heavy (non-hydrogen) atoms. The van der Waals surface area contributed by atoms with Crippen molar-refractivity contribution in [2.45, 2.75) is 0 Å². The summed E-state index contributed by atoms with van der Waals surface area (Å²) in [7, 11) is 0. The molecule has 0 bridgehead atoms. The molecule has 3 aromatic rings. The van der Waals surface area contributed by atoms with E-state index >= 15 is 0 Å². The monoisotopic (exact) mass is 346 g/mol. The molecule has 0 saturated heterocycles. The van der Waals surface area contributed by atoms with E-state index in [9.17, 15) is 22.4 Å². The van der Waals surface area contributed by atoms with Gasteiger partial charge in [-0.2, -0.15) is 8.78 Å². The quantitative estimate of drug-likeness (QED) is 0.366. The van der Waals surface area contributed by atoms with Gasteiger partial charge in [0.15, 0.2) is 17.4 Å². The SMILES string of the molecule is O=C(c1ccccc1)c1c(F)c(F)c(Oc2ccccc2)c(F)c1F. The Morgan fingerprint density at radius 1 is 0.680 bits per heavy atom. The zero-order chi connectivity index (χ0) is 18.0. The highest BCUT2D eigenvalue weighted by Gasteiger charge is 2.31. The maximum atomic E-state index is 14.3. The summed E-state index contributed by atoms with van der Waals surface area (Å²) in [5.41, 5.74) is -1.41. The zero-order valence-electron chi connectivity index (χ0n) is 12.6.